The second-order valence-corrected chi connectivity index (χ2v) is 8.33. The van der Waals surface area contributed by atoms with E-state index in [4.69, 9.17) is 0 Å². The van der Waals surface area contributed by atoms with Crippen LogP contribution in [-0.2, 0) is 29.2 Å². The van der Waals surface area contributed by atoms with E-state index in [0.717, 1.165) is 25.7 Å². The molecule has 0 aliphatic rings. The molecule has 0 aromatic rings. The quantitative estimate of drug-likeness (QED) is 0.0981. The summed E-state index contributed by atoms with van der Waals surface area (Å²) in [6.07, 6.45) is 7.58. The number of hydrogen-bond acceptors (Lipinski definition) is 9. The summed E-state index contributed by atoms with van der Waals surface area (Å²) in [7, 11) is -10.3. The SMILES string of the molecule is CCCCCCCCCCCCC(O)C(COS(=O)(=O)[O-])OS(=O)(=O)[O-].[Na+].[Na+]. The van der Waals surface area contributed by atoms with Crippen molar-refractivity contribution < 1.29 is 98.5 Å². The molecule has 0 saturated heterocycles. The smallest absolute Gasteiger partial charge is 0.726 e. The normalized spacial score (nSPS) is 14.0. The minimum absolute atomic E-state index is 0. The topological polar surface area (TPSA) is 153 Å². The van der Waals surface area contributed by atoms with E-state index in [0.29, 0.717) is 6.42 Å². The number of aliphatic hydroxyl groups is 1. The van der Waals surface area contributed by atoms with Crippen LogP contribution in [0, 0.1) is 0 Å². The van der Waals surface area contributed by atoms with Crippen LogP contribution in [0.1, 0.15) is 77.6 Å². The standard InChI is InChI=1S/C15H32O9S2.2Na/c1-2-3-4-5-6-7-8-9-10-11-12-14(16)15(24-26(20,21)22)13-23-25(17,18)19;;/h14-16H,2-13H2,1H3,(H,17,18,19)(H,20,21,22);;/q;2*+1/p-2. The Balaban J connectivity index is -0.00000312. The van der Waals surface area contributed by atoms with Crippen molar-refractivity contribution in [1.82, 2.24) is 0 Å². The Morgan fingerprint density at radius 1 is 0.786 bits per heavy atom. The minimum atomic E-state index is -5.18. The zero-order valence-electron chi connectivity index (χ0n) is 17.2. The van der Waals surface area contributed by atoms with Gasteiger partial charge in [-0.25, -0.2) is 16.8 Å². The average Bonchev–Trinajstić information content (AvgIpc) is 2.51. The van der Waals surface area contributed by atoms with Gasteiger partial charge >= 0.3 is 59.1 Å². The van der Waals surface area contributed by atoms with Crippen LogP contribution in [0.5, 0.6) is 0 Å². The number of hydrogen-bond donors (Lipinski definition) is 1. The molecule has 0 radical (unpaired) electrons. The van der Waals surface area contributed by atoms with Gasteiger partial charge in [-0.15, -0.1) is 0 Å². The van der Waals surface area contributed by atoms with Crippen molar-refractivity contribution in [2.24, 2.45) is 0 Å². The van der Waals surface area contributed by atoms with Crippen molar-refractivity contribution in [2.75, 3.05) is 6.61 Å². The van der Waals surface area contributed by atoms with Crippen LogP contribution in [0.3, 0.4) is 0 Å². The van der Waals surface area contributed by atoms with E-state index in [-0.39, 0.29) is 65.5 Å². The third kappa shape index (κ3) is 24.0. The van der Waals surface area contributed by atoms with Gasteiger partial charge in [-0.05, 0) is 6.42 Å². The van der Waals surface area contributed by atoms with E-state index in [9.17, 15) is 31.0 Å². The third-order valence-electron chi connectivity index (χ3n) is 3.90. The maximum atomic E-state index is 10.6. The van der Waals surface area contributed by atoms with Crippen molar-refractivity contribution in [3.8, 4) is 0 Å². The summed E-state index contributed by atoms with van der Waals surface area (Å²) in [5.41, 5.74) is 0. The molecule has 2 atom stereocenters. The van der Waals surface area contributed by atoms with E-state index in [1.54, 1.807) is 0 Å². The second-order valence-electron chi connectivity index (χ2n) is 6.27. The van der Waals surface area contributed by atoms with Gasteiger partial charge in [0.05, 0.1) is 12.7 Å². The minimum Gasteiger partial charge on any atom is -0.726 e. The zero-order valence-corrected chi connectivity index (χ0v) is 22.8. The summed E-state index contributed by atoms with van der Waals surface area (Å²) in [4.78, 5) is 0. The molecule has 0 amide bonds. The van der Waals surface area contributed by atoms with Gasteiger partial charge in [-0.1, -0.05) is 71.1 Å². The van der Waals surface area contributed by atoms with Crippen LogP contribution in [0.4, 0.5) is 0 Å². The summed E-state index contributed by atoms with van der Waals surface area (Å²) in [5, 5.41) is 9.89. The summed E-state index contributed by atoms with van der Waals surface area (Å²) in [6, 6.07) is 0. The zero-order chi connectivity index (χ0) is 20.1. The molecule has 1 N–H and O–H groups in total. The Morgan fingerprint density at radius 2 is 1.21 bits per heavy atom. The van der Waals surface area contributed by atoms with Gasteiger partial charge in [0, 0.05) is 0 Å². The molecule has 0 spiro atoms. The molecular formula is C15H30Na2O9S2. The summed E-state index contributed by atoms with van der Waals surface area (Å²) >= 11 is 0. The Morgan fingerprint density at radius 3 is 1.61 bits per heavy atom. The first-order valence-electron chi connectivity index (χ1n) is 8.97. The van der Waals surface area contributed by atoms with E-state index in [1.807, 2.05) is 0 Å². The van der Waals surface area contributed by atoms with Crippen LogP contribution < -0.4 is 59.1 Å². The van der Waals surface area contributed by atoms with Crippen molar-refractivity contribution in [2.45, 2.75) is 89.8 Å². The molecule has 0 aliphatic carbocycles. The molecule has 0 fully saturated rings. The van der Waals surface area contributed by atoms with Gasteiger partial charge < -0.3 is 14.2 Å². The van der Waals surface area contributed by atoms with Crippen LogP contribution in [0.15, 0.2) is 0 Å². The predicted octanol–water partition coefficient (Wildman–Crippen LogP) is -4.01. The van der Waals surface area contributed by atoms with Crippen molar-refractivity contribution in [3.05, 3.63) is 0 Å². The Kier molecular flexibility index (Phi) is 23.8. The first kappa shape index (κ1) is 34.3. The summed E-state index contributed by atoms with van der Waals surface area (Å²) in [5.74, 6) is 0. The first-order chi connectivity index (χ1) is 12.0. The van der Waals surface area contributed by atoms with Gasteiger partial charge in [0.25, 0.3) is 0 Å². The van der Waals surface area contributed by atoms with Crippen molar-refractivity contribution in [3.63, 3.8) is 0 Å². The van der Waals surface area contributed by atoms with E-state index in [2.05, 4.69) is 15.3 Å². The number of aliphatic hydroxyl groups excluding tert-OH is 1. The van der Waals surface area contributed by atoms with Crippen LogP contribution in [0.2, 0.25) is 0 Å². The summed E-state index contributed by atoms with van der Waals surface area (Å²) in [6.45, 7) is 1.13. The molecule has 0 aromatic heterocycles. The molecule has 2 unspecified atom stereocenters. The monoisotopic (exact) mass is 464 g/mol. The molecule has 0 aliphatic heterocycles. The second kappa shape index (κ2) is 19.4. The molecule has 28 heavy (non-hydrogen) atoms. The number of rotatable bonds is 17. The summed E-state index contributed by atoms with van der Waals surface area (Å²) < 4.78 is 71.2. The Hall–Kier alpha value is 1.70. The van der Waals surface area contributed by atoms with Crippen LogP contribution >= 0.6 is 0 Å². The Bertz CT molecular complexity index is 556. The maximum absolute atomic E-state index is 10.6. The largest absolute Gasteiger partial charge is 1.00 e. The molecule has 0 saturated carbocycles. The van der Waals surface area contributed by atoms with E-state index < -0.39 is 39.6 Å². The molecule has 0 heterocycles. The van der Waals surface area contributed by atoms with Crippen LogP contribution in [-0.4, -0.2) is 49.9 Å². The maximum Gasteiger partial charge on any atom is 1.00 e. The Labute approximate surface area is 213 Å². The molecular weight excluding hydrogens is 434 g/mol. The van der Waals surface area contributed by atoms with Crippen molar-refractivity contribution >= 4 is 20.8 Å². The first-order valence-corrected chi connectivity index (χ1v) is 11.6. The molecule has 0 rings (SSSR count). The fraction of sp³-hybridized carbons (Fsp3) is 1.00. The molecule has 158 valence electrons. The number of unbranched alkanes of at least 4 members (excludes halogenated alkanes) is 9. The third-order valence-corrected chi connectivity index (χ3v) is 4.81. The van der Waals surface area contributed by atoms with Gasteiger partial charge in [-0.3, -0.25) is 8.37 Å². The average molecular weight is 465 g/mol. The fourth-order valence-corrected chi connectivity index (χ4v) is 3.32. The van der Waals surface area contributed by atoms with Gasteiger partial charge in [0.15, 0.2) is 0 Å². The molecule has 13 heteroatoms. The predicted molar refractivity (Wildman–Crippen MR) is 92.7 cm³/mol. The molecule has 0 bridgehead atoms. The molecule has 0 aromatic carbocycles. The fourth-order valence-electron chi connectivity index (χ4n) is 2.53. The van der Waals surface area contributed by atoms with E-state index in [1.165, 1.54) is 32.1 Å². The van der Waals surface area contributed by atoms with Gasteiger partial charge in [0.1, 0.15) is 6.10 Å². The van der Waals surface area contributed by atoms with Crippen LogP contribution in [0.25, 0.3) is 0 Å². The van der Waals surface area contributed by atoms with Crippen molar-refractivity contribution in [1.29, 1.82) is 0 Å². The van der Waals surface area contributed by atoms with Gasteiger partial charge in [0.2, 0.25) is 20.8 Å². The van der Waals surface area contributed by atoms with Gasteiger partial charge in [-0.2, -0.15) is 0 Å². The van der Waals surface area contributed by atoms with E-state index >= 15 is 0 Å². The molecule has 9 nitrogen and oxygen atoms in total.